The Balaban J connectivity index is 2.51. The zero-order valence-electron chi connectivity index (χ0n) is 8.12. The summed E-state index contributed by atoms with van der Waals surface area (Å²) in [6.07, 6.45) is 1.00. The summed E-state index contributed by atoms with van der Waals surface area (Å²) < 4.78 is 28.5. The van der Waals surface area contributed by atoms with E-state index < -0.39 is 9.84 Å². The zero-order valence-corrected chi connectivity index (χ0v) is 8.94. The first-order valence-corrected chi connectivity index (χ1v) is 5.80. The molecule has 0 fully saturated rings. The summed E-state index contributed by atoms with van der Waals surface area (Å²) in [5.41, 5.74) is 11.2. The van der Waals surface area contributed by atoms with Crippen molar-refractivity contribution in [2.75, 3.05) is 11.5 Å². The number of sulfone groups is 1. The van der Waals surface area contributed by atoms with E-state index in [0.29, 0.717) is 5.69 Å². The van der Waals surface area contributed by atoms with Crippen LogP contribution in [0.3, 0.4) is 0 Å². The van der Waals surface area contributed by atoms with Gasteiger partial charge in [0.05, 0.1) is 4.90 Å². The first-order chi connectivity index (χ1) is 7.50. The smallest absolute Gasteiger partial charge is 0.293 e. The van der Waals surface area contributed by atoms with Crippen molar-refractivity contribution >= 4 is 21.5 Å². The van der Waals surface area contributed by atoms with Crippen LogP contribution in [0.4, 0.5) is 11.7 Å². The fourth-order valence-electron chi connectivity index (χ4n) is 1.16. The van der Waals surface area contributed by atoms with Crippen molar-refractivity contribution in [3.05, 3.63) is 30.5 Å². The van der Waals surface area contributed by atoms with Crippen LogP contribution < -0.4 is 11.5 Å². The Kier molecular flexibility index (Phi) is 2.31. The number of hydrogen-bond acceptors (Lipinski definition) is 6. The second kappa shape index (κ2) is 3.53. The SMILES string of the molecule is Nc1ccc(S(=O)(=O)c2coc(N)n2)cc1. The van der Waals surface area contributed by atoms with E-state index in [9.17, 15) is 8.42 Å². The summed E-state index contributed by atoms with van der Waals surface area (Å²) in [7, 11) is -3.68. The minimum Gasteiger partial charge on any atom is -0.431 e. The van der Waals surface area contributed by atoms with Gasteiger partial charge in [-0.2, -0.15) is 4.98 Å². The maximum atomic E-state index is 11.9. The Hall–Kier alpha value is -2.02. The minimum atomic E-state index is -3.68. The van der Waals surface area contributed by atoms with Crippen LogP contribution in [-0.2, 0) is 9.84 Å². The average molecular weight is 239 g/mol. The second-order valence-corrected chi connectivity index (χ2v) is 4.99. The molecule has 0 unspecified atom stereocenters. The van der Waals surface area contributed by atoms with Crippen molar-refractivity contribution < 1.29 is 12.8 Å². The number of nitrogens with two attached hydrogens (primary N) is 2. The molecule has 1 aromatic carbocycles. The zero-order chi connectivity index (χ0) is 11.8. The number of aromatic nitrogens is 1. The van der Waals surface area contributed by atoms with E-state index in [0.717, 1.165) is 6.26 Å². The molecule has 1 heterocycles. The van der Waals surface area contributed by atoms with Crippen molar-refractivity contribution in [2.24, 2.45) is 0 Å². The van der Waals surface area contributed by atoms with Crippen molar-refractivity contribution in [1.82, 2.24) is 4.98 Å². The molecule has 2 aromatic rings. The van der Waals surface area contributed by atoms with Crippen LogP contribution in [-0.4, -0.2) is 13.4 Å². The summed E-state index contributed by atoms with van der Waals surface area (Å²) in [6.45, 7) is 0. The molecule has 0 saturated heterocycles. The lowest BCUT2D eigenvalue weighted by Gasteiger charge is -2.00. The monoisotopic (exact) mass is 239 g/mol. The topological polar surface area (TPSA) is 112 Å². The van der Waals surface area contributed by atoms with E-state index in [1.54, 1.807) is 0 Å². The molecule has 4 N–H and O–H groups in total. The van der Waals surface area contributed by atoms with Crippen LogP contribution >= 0.6 is 0 Å². The van der Waals surface area contributed by atoms with E-state index in [1.165, 1.54) is 24.3 Å². The Labute approximate surface area is 91.8 Å². The van der Waals surface area contributed by atoms with E-state index in [2.05, 4.69) is 9.40 Å². The molecule has 0 saturated carbocycles. The highest BCUT2D eigenvalue weighted by Crippen LogP contribution is 2.21. The molecule has 6 nitrogen and oxygen atoms in total. The van der Waals surface area contributed by atoms with E-state index in [1.807, 2.05) is 0 Å². The van der Waals surface area contributed by atoms with Crippen LogP contribution in [0, 0.1) is 0 Å². The molecule has 0 atom stereocenters. The molecule has 0 spiro atoms. The predicted octanol–water partition coefficient (Wildman–Crippen LogP) is 0.672. The standard InChI is InChI=1S/C9H9N3O3S/c10-6-1-3-7(4-2-6)16(13,14)8-5-15-9(11)12-8/h1-5H,10H2,(H2,11,12). The first kappa shape index (κ1) is 10.5. The summed E-state index contributed by atoms with van der Waals surface area (Å²) in [5.74, 6) is 0. The molecule has 0 aliphatic heterocycles. The lowest BCUT2D eigenvalue weighted by Crippen LogP contribution is -2.02. The summed E-state index contributed by atoms with van der Waals surface area (Å²) in [6, 6.07) is 5.60. The molecule has 2 rings (SSSR count). The number of oxazole rings is 1. The van der Waals surface area contributed by atoms with Crippen molar-refractivity contribution in [2.45, 2.75) is 9.92 Å². The number of benzene rings is 1. The van der Waals surface area contributed by atoms with Gasteiger partial charge in [0.15, 0.2) is 0 Å². The van der Waals surface area contributed by atoms with Gasteiger partial charge in [-0.15, -0.1) is 0 Å². The summed E-state index contributed by atoms with van der Waals surface area (Å²) in [5, 5.41) is -0.213. The Morgan fingerprint density at radius 2 is 1.75 bits per heavy atom. The van der Waals surface area contributed by atoms with E-state index in [-0.39, 0.29) is 15.9 Å². The first-order valence-electron chi connectivity index (χ1n) is 4.32. The molecule has 16 heavy (non-hydrogen) atoms. The third-order valence-electron chi connectivity index (χ3n) is 1.97. The van der Waals surface area contributed by atoms with Gasteiger partial charge < -0.3 is 15.9 Å². The Bertz CT molecular complexity index is 601. The number of hydrogen-bond donors (Lipinski definition) is 2. The quantitative estimate of drug-likeness (QED) is 0.745. The van der Waals surface area contributed by atoms with Crippen LogP contribution in [0.2, 0.25) is 0 Å². The number of nitrogens with zero attached hydrogens (tertiary/aromatic N) is 1. The third kappa shape index (κ3) is 1.72. The number of nitrogen functional groups attached to an aromatic ring is 2. The molecule has 0 aliphatic rings. The van der Waals surface area contributed by atoms with Crippen molar-refractivity contribution in [1.29, 1.82) is 0 Å². The van der Waals surface area contributed by atoms with Crippen LogP contribution in [0.25, 0.3) is 0 Å². The molecule has 0 aliphatic carbocycles. The molecule has 0 amide bonds. The minimum absolute atomic E-state index is 0.0926. The molecule has 0 radical (unpaired) electrons. The van der Waals surface area contributed by atoms with Gasteiger partial charge in [-0.05, 0) is 24.3 Å². The van der Waals surface area contributed by atoms with Crippen LogP contribution in [0.1, 0.15) is 0 Å². The normalized spacial score (nSPS) is 11.5. The molecular formula is C9H9N3O3S. The van der Waals surface area contributed by atoms with E-state index in [4.69, 9.17) is 11.5 Å². The maximum Gasteiger partial charge on any atom is 0.293 e. The van der Waals surface area contributed by atoms with Gasteiger partial charge in [-0.3, -0.25) is 0 Å². The molecule has 0 bridgehead atoms. The maximum absolute atomic E-state index is 11.9. The van der Waals surface area contributed by atoms with Gasteiger partial charge in [0.2, 0.25) is 14.9 Å². The Morgan fingerprint density at radius 3 is 2.25 bits per heavy atom. The average Bonchev–Trinajstić information content (AvgIpc) is 2.66. The summed E-state index contributed by atoms with van der Waals surface area (Å²) in [4.78, 5) is 3.67. The molecule has 7 heteroatoms. The van der Waals surface area contributed by atoms with Crippen molar-refractivity contribution in [3.8, 4) is 0 Å². The number of anilines is 2. The van der Waals surface area contributed by atoms with Crippen LogP contribution in [0.15, 0.2) is 44.9 Å². The second-order valence-electron chi connectivity index (χ2n) is 3.10. The Morgan fingerprint density at radius 1 is 1.12 bits per heavy atom. The van der Waals surface area contributed by atoms with Crippen LogP contribution in [0.5, 0.6) is 0 Å². The fraction of sp³-hybridized carbons (Fsp3) is 0. The third-order valence-corrected chi connectivity index (χ3v) is 3.60. The highest BCUT2D eigenvalue weighted by Gasteiger charge is 2.21. The van der Waals surface area contributed by atoms with Gasteiger partial charge in [-0.25, -0.2) is 8.42 Å². The van der Waals surface area contributed by atoms with Gasteiger partial charge in [0, 0.05) is 5.69 Å². The molecule has 1 aromatic heterocycles. The van der Waals surface area contributed by atoms with Gasteiger partial charge >= 0.3 is 0 Å². The summed E-state index contributed by atoms with van der Waals surface area (Å²) >= 11 is 0. The largest absolute Gasteiger partial charge is 0.431 e. The lowest BCUT2D eigenvalue weighted by atomic mass is 10.3. The highest BCUT2D eigenvalue weighted by atomic mass is 32.2. The molecule has 84 valence electrons. The van der Waals surface area contributed by atoms with Crippen molar-refractivity contribution in [3.63, 3.8) is 0 Å². The lowest BCUT2D eigenvalue weighted by molar-refractivity contribution is 0.570. The van der Waals surface area contributed by atoms with E-state index >= 15 is 0 Å². The fourth-order valence-corrected chi connectivity index (χ4v) is 2.28. The highest BCUT2D eigenvalue weighted by molar-refractivity contribution is 7.91. The van der Waals surface area contributed by atoms with Gasteiger partial charge in [0.25, 0.3) is 6.01 Å². The number of rotatable bonds is 2. The predicted molar refractivity (Wildman–Crippen MR) is 57.2 cm³/mol. The van der Waals surface area contributed by atoms with Gasteiger partial charge in [0.1, 0.15) is 6.26 Å². The molecular weight excluding hydrogens is 230 g/mol. The van der Waals surface area contributed by atoms with Gasteiger partial charge in [-0.1, -0.05) is 0 Å².